The van der Waals surface area contributed by atoms with E-state index in [0.29, 0.717) is 11.4 Å². The van der Waals surface area contributed by atoms with Gasteiger partial charge in [-0.2, -0.15) is 5.10 Å². The van der Waals surface area contributed by atoms with E-state index in [2.05, 4.69) is 56.9 Å². The Labute approximate surface area is 167 Å². The number of nitrogens with zero attached hydrogens (tertiary/aromatic N) is 4. The molecule has 2 aromatic heterocycles. The number of aromatic amines is 1. The minimum atomic E-state index is -0.553. The van der Waals surface area contributed by atoms with E-state index in [1.54, 1.807) is 24.9 Å². The lowest BCUT2D eigenvalue weighted by Gasteiger charge is -2.09. The Morgan fingerprint density at radius 2 is 2.10 bits per heavy atom. The lowest BCUT2D eigenvalue weighted by Crippen LogP contribution is -2.32. The Morgan fingerprint density at radius 3 is 2.79 bits per heavy atom. The van der Waals surface area contributed by atoms with Crippen LogP contribution in [0, 0.1) is 6.92 Å². The summed E-state index contributed by atoms with van der Waals surface area (Å²) in [6.45, 7) is 2.97. The van der Waals surface area contributed by atoms with E-state index in [1.165, 1.54) is 5.56 Å². The van der Waals surface area contributed by atoms with Crippen LogP contribution in [0.15, 0.2) is 29.8 Å². The van der Waals surface area contributed by atoms with Gasteiger partial charge in [-0.05, 0) is 39.1 Å². The molecule has 3 N–H and O–H groups in total. The molecule has 0 saturated carbocycles. The van der Waals surface area contributed by atoms with Crippen molar-refractivity contribution in [3.8, 4) is 0 Å². The second kappa shape index (κ2) is 7.88. The van der Waals surface area contributed by atoms with Crippen LogP contribution in [0.2, 0.25) is 0 Å². The van der Waals surface area contributed by atoms with Gasteiger partial charge >= 0.3 is 0 Å². The smallest absolute Gasteiger partial charge is 0.254 e. The summed E-state index contributed by atoms with van der Waals surface area (Å²) in [5, 5.41) is 5.76. The second-order valence-electron chi connectivity index (χ2n) is 7.21. The highest BCUT2D eigenvalue weighted by molar-refractivity contribution is 6.02. The van der Waals surface area contributed by atoms with Crippen molar-refractivity contribution in [2.75, 3.05) is 20.6 Å². The number of carbonyl (C=O) groups excluding carboxylic acids is 1. The van der Waals surface area contributed by atoms with Crippen LogP contribution in [0.5, 0.6) is 0 Å². The van der Waals surface area contributed by atoms with Crippen LogP contribution < -0.4 is 21.5 Å². The average molecular weight is 393 g/mol. The van der Waals surface area contributed by atoms with E-state index in [0.717, 1.165) is 34.9 Å². The summed E-state index contributed by atoms with van der Waals surface area (Å²) in [5.74, 6) is -0.763. The zero-order chi connectivity index (χ0) is 20.4. The standard InChI is InChI=1S/C20H23N7O2/c1-12-13(4-8-27(2)3)18(15-5-9-29-26-15)16(24-12)10-17-19(22-7-6-21-17)14-11-23-25-20(14)28/h5-7,9-11,14,24,26H,4,8H2,1-3H3,(H,25,28). The first-order chi connectivity index (χ1) is 14.0. The molecule has 0 bridgehead atoms. The lowest BCUT2D eigenvalue weighted by atomic mass is 10.0. The van der Waals surface area contributed by atoms with Crippen LogP contribution >= 0.6 is 0 Å². The van der Waals surface area contributed by atoms with Crippen molar-refractivity contribution < 1.29 is 9.63 Å². The van der Waals surface area contributed by atoms with Gasteiger partial charge in [0.1, 0.15) is 12.2 Å². The van der Waals surface area contributed by atoms with Crippen LogP contribution in [0.25, 0.3) is 11.8 Å². The summed E-state index contributed by atoms with van der Waals surface area (Å²) in [6, 6.07) is 0. The van der Waals surface area contributed by atoms with E-state index in [1.807, 2.05) is 12.2 Å². The van der Waals surface area contributed by atoms with Gasteiger partial charge in [0.15, 0.2) is 0 Å². The highest BCUT2D eigenvalue weighted by Gasteiger charge is 2.26. The molecule has 150 valence electrons. The summed E-state index contributed by atoms with van der Waals surface area (Å²) in [7, 11) is 4.11. The fourth-order valence-electron chi connectivity index (χ4n) is 3.48. The number of aryl methyl sites for hydroxylation is 1. The Kier molecular flexibility index (Phi) is 5.13. The summed E-state index contributed by atoms with van der Waals surface area (Å²) in [5.41, 5.74) is 9.74. The molecule has 2 aromatic rings. The van der Waals surface area contributed by atoms with Gasteiger partial charge < -0.3 is 14.7 Å². The Hall–Kier alpha value is -3.46. The molecule has 4 rings (SSSR count). The Balaban J connectivity index is 1.89. The first-order valence-electron chi connectivity index (χ1n) is 9.35. The molecule has 29 heavy (non-hydrogen) atoms. The lowest BCUT2D eigenvalue weighted by molar-refractivity contribution is -0.120. The number of hydrazone groups is 1. The molecule has 0 spiro atoms. The number of hydrogen-bond acceptors (Lipinski definition) is 7. The third-order valence-corrected chi connectivity index (χ3v) is 4.91. The van der Waals surface area contributed by atoms with Gasteiger partial charge in [-0.1, -0.05) is 0 Å². The third-order valence-electron chi connectivity index (χ3n) is 4.91. The number of hydrogen-bond donors (Lipinski definition) is 3. The molecule has 9 nitrogen and oxygen atoms in total. The van der Waals surface area contributed by atoms with Gasteiger partial charge in [0, 0.05) is 42.1 Å². The van der Waals surface area contributed by atoms with Gasteiger partial charge in [0.05, 0.1) is 22.4 Å². The minimum Gasteiger partial charge on any atom is -0.390 e. The molecular weight excluding hydrogens is 370 g/mol. The minimum absolute atomic E-state index is 0.210. The molecule has 1 amide bonds. The normalized spacial score (nSPS) is 20.3. The monoisotopic (exact) mass is 393 g/mol. The van der Waals surface area contributed by atoms with Crippen molar-refractivity contribution in [2.45, 2.75) is 19.3 Å². The number of likely N-dealkylation sites (N-methyl/N-ethyl adjacent to an activating group) is 1. The van der Waals surface area contributed by atoms with Gasteiger partial charge in [-0.15, -0.1) is 0 Å². The Bertz CT molecular complexity index is 1110. The SMILES string of the molecule is Cc1[nH]c(=Cc2nccnc2C2C=NNC2=O)c(=C2C=CON2)c1CCN(C)C. The molecule has 1 unspecified atom stereocenters. The predicted molar refractivity (Wildman–Crippen MR) is 109 cm³/mol. The van der Waals surface area contributed by atoms with E-state index in [9.17, 15) is 4.79 Å². The quantitative estimate of drug-likeness (QED) is 0.626. The van der Waals surface area contributed by atoms with Crippen molar-refractivity contribution in [3.05, 3.63) is 57.9 Å². The molecule has 0 fully saturated rings. The maximum atomic E-state index is 12.1. The first-order valence-corrected chi connectivity index (χ1v) is 9.35. The van der Waals surface area contributed by atoms with Crippen molar-refractivity contribution >= 4 is 23.9 Å². The maximum absolute atomic E-state index is 12.1. The number of nitrogens with one attached hydrogen (secondary N) is 3. The van der Waals surface area contributed by atoms with Gasteiger partial charge in [0.25, 0.3) is 5.91 Å². The maximum Gasteiger partial charge on any atom is 0.254 e. The number of aromatic nitrogens is 3. The highest BCUT2D eigenvalue weighted by atomic mass is 16.6. The van der Waals surface area contributed by atoms with E-state index in [4.69, 9.17) is 4.84 Å². The van der Waals surface area contributed by atoms with Crippen LogP contribution in [-0.2, 0) is 16.1 Å². The molecule has 2 aliphatic heterocycles. The first kappa shape index (κ1) is 18.9. The van der Waals surface area contributed by atoms with E-state index < -0.39 is 5.92 Å². The number of H-pyrrole nitrogens is 1. The van der Waals surface area contributed by atoms with Crippen molar-refractivity contribution in [2.24, 2.45) is 5.10 Å². The molecule has 0 radical (unpaired) electrons. The molecular formula is C20H23N7O2. The number of carbonyl (C=O) groups is 1. The van der Waals surface area contributed by atoms with Crippen LogP contribution in [0.1, 0.15) is 28.6 Å². The van der Waals surface area contributed by atoms with Gasteiger partial charge in [0.2, 0.25) is 0 Å². The van der Waals surface area contributed by atoms with Crippen LogP contribution in [-0.4, -0.2) is 52.6 Å². The molecule has 2 aliphatic rings. The number of rotatable bonds is 5. The zero-order valence-electron chi connectivity index (χ0n) is 16.6. The molecule has 0 saturated heterocycles. The third kappa shape index (κ3) is 3.77. The second-order valence-corrected chi connectivity index (χ2v) is 7.21. The fourth-order valence-corrected chi connectivity index (χ4v) is 3.48. The molecule has 1 atom stereocenters. The average Bonchev–Trinajstić information content (AvgIpc) is 3.41. The highest BCUT2D eigenvalue weighted by Crippen LogP contribution is 2.18. The summed E-state index contributed by atoms with van der Waals surface area (Å²) < 4.78 is 0. The van der Waals surface area contributed by atoms with Gasteiger partial charge in [-0.25, -0.2) is 10.9 Å². The van der Waals surface area contributed by atoms with Crippen LogP contribution in [0.4, 0.5) is 0 Å². The fraction of sp³-hybridized carbons (Fsp3) is 0.300. The zero-order valence-corrected chi connectivity index (χ0v) is 16.6. The van der Waals surface area contributed by atoms with Crippen LogP contribution in [0.3, 0.4) is 0 Å². The van der Waals surface area contributed by atoms with E-state index in [-0.39, 0.29) is 5.91 Å². The van der Waals surface area contributed by atoms with Crippen molar-refractivity contribution in [1.82, 2.24) is 30.8 Å². The summed E-state index contributed by atoms with van der Waals surface area (Å²) >= 11 is 0. The number of amides is 1. The predicted octanol–water partition coefficient (Wildman–Crippen LogP) is -0.598. The largest absolute Gasteiger partial charge is 0.390 e. The molecule has 9 heteroatoms. The summed E-state index contributed by atoms with van der Waals surface area (Å²) in [4.78, 5) is 31.8. The number of hydroxylamine groups is 1. The topological polar surface area (TPSA) is 108 Å². The Morgan fingerprint density at radius 1 is 1.28 bits per heavy atom. The van der Waals surface area contributed by atoms with Gasteiger partial charge in [-0.3, -0.25) is 14.8 Å². The molecule has 0 aliphatic carbocycles. The van der Waals surface area contributed by atoms with E-state index >= 15 is 0 Å². The van der Waals surface area contributed by atoms with Crippen molar-refractivity contribution in [3.63, 3.8) is 0 Å². The summed E-state index contributed by atoms with van der Waals surface area (Å²) in [6.07, 6.45) is 11.1. The molecule has 0 aromatic carbocycles. The van der Waals surface area contributed by atoms with Crippen molar-refractivity contribution in [1.29, 1.82) is 0 Å². The molecule has 4 heterocycles.